The van der Waals surface area contributed by atoms with Crippen LogP contribution in [-0.4, -0.2) is 56.7 Å². The van der Waals surface area contributed by atoms with Crippen molar-refractivity contribution in [3.63, 3.8) is 0 Å². The van der Waals surface area contributed by atoms with Crippen LogP contribution in [0.25, 0.3) is 0 Å². The molecule has 0 aromatic carbocycles. The molecule has 2 heterocycles. The molecule has 0 amide bonds. The molecular weight excluding hydrogens is 320 g/mol. The van der Waals surface area contributed by atoms with Crippen LogP contribution in [0.2, 0.25) is 0 Å². The van der Waals surface area contributed by atoms with E-state index in [0.29, 0.717) is 25.5 Å². The summed E-state index contributed by atoms with van der Waals surface area (Å²) in [4.78, 5) is 18.4. The van der Waals surface area contributed by atoms with E-state index in [0.717, 1.165) is 25.4 Å². The molecule has 0 saturated carbocycles. The van der Waals surface area contributed by atoms with Crippen molar-refractivity contribution in [1.82, 2.24) is 15.5 Å². The van der Waals surface area contributed by atoms with Gasteiger partial charge in [-0.15, -0.1) is 0 Å². The fraction of sp³-hybridized carbons (Fsp3) is 0.667. The van der Waals surface area contributed by atoms with Crippen molar-refractivity contribution >= 4 is 11.9 Å². The number of nitrogens with one attached hydrogen (secondary N) is 2. The molecule has 140 valence electrons. The van der Waals surface area contributed by atoms with Crippen molar-refractivity contribution in [2.45, 2.75) is 38.6 Å². The molecule has 1 atom stereocenters. The fourth-order valence-electron chi connectivity index (χ4n) is 3.00. The van der Waals surface area contributed by atoms with Crippen molar-refractivity contribution < 1.29 is 13.9 Å². The highest BCUT2D eigenvalue weighted by atomic mass is 16.5. The minimum absolute atomic E-state index is 0.145. The summed E-state index contributed by atoms with van der Waals surface area (Å²) in [6.07, 6.45) is 5.77. The number of ether oxygens (including phenoxy) is 1. The van der Waals surface area contributed by atoms with E-state index in [-0.39, 0.29) is 12.0 Å². The van der Waals surface area contributed by atoms with E-state index < -0.39 is 0 Å². The summed E-state index contributed by atoms with van der Waals surface area (Å²) in [6, 6.07) is 4.09. The van der Waals surface area contributed by atoms with Gasteiger partial charge in [-0.3, -0.25) is 14.7 Å². The number of methoxy groups -OCH3 is 1. The van der Waals surface area contributed by atoms with Crippen molar-refractivity contribution in [2.75, 3.05) is 39.8 Å². The Morgan fingerprint density at radius 3 is 2.80 bits per heavy atom. The second-order valence-corrected chi connectivity index (χ2v) is 6.10. The molecule has 2 N–H and O–H groups in total. The average Bonchev–Trinajstić information content (AvgIpc) is 3.17. The number of rotatable bonds is 8. The monoisotopic (exact) mass is 350 g/mol. The Morgan fingerprint density at radius 2 is 2.16 bits per heavy atom. The van der Waals surface area contributed by atoms with Crippen LogP contribution in [0.3, 0.4) is 0 Å². The molecule has 1 aromatic rings. The molecule has 1 unspecified atom stereocenters. The molecule has 2 rings (SSSR count). The van der Waals surface area contributed by atoms with Crippen molar-refractivity contribution in [1.29, 1.82) is 0 Å². The SMILES string of the molecule is CCNC(=NCC(c1ccco1)N1CCCCC1)NCCC(=O)OC. The Hall–Kier alpha value is -2.02. The lowest BCUT2D eigenvalue weighted by Crippen LogP contribution is -2.40. The number of furan rings is 1. The van der Waals surface area contributed by atoms with Gasteiger partial charge in [0.25, 0.3) is 0 Å². The predicted molar refractivity (Wildman–Crippen MR) is 97.5 cm³/mol. The number of guanidine groups is 1. The Labute approximate surface area is 149 Å². The van der Waals surface area contributed by atoms with Gasteiger partial charge in [0.05, 0.1) is 32.4 Å². The van der Waals surface area contributed by atoms with Gasteiger partial charge >= 0.3 is 5.97 Å². The van der Waals surface area contributed by atoms with Gasteiger partial charge < -0.3 is 19.8 Å². The van der Waals surface area contributed by atoms with Gasteiger partial charge in [0.1, 0.15) is 5.76 Å². The number of hydrogen-bond acceptors (Lipinski definition) is 5. The molecule has 1 saturated heterocycles. The van der Waals surface area contributed by atoms with Gasteiger partial charge in [-0.25, -0.2) is 0 Å². The maximum atomic E-state index is 11.2. The molecule has 25 heavy (non-hydrogen) atoms. The predicted octanol–water partition coefficient (Wildman–Crippen LogP) is 1.92. The molecule has 1 fully saturated rings. The first-order chi connectivity index (χ1) is 12.2. The van der Waals surface area contributed by atoms with Crippen molar-refractivity contribution in [2.24, 2.45) is 4.99 Å². The molecule has 7 nitrogen and oxygen atoms in total. The molecule has 0 radical (unpaired) electrons. The van der Waals surface area contributed by atoms with Crippen LogP contribution in [0.15, 0.2) is 27.8 Å². The van der Waals surface area contributed by atoms with Gasteiger partial charge in [-0.1, -0.05) is 6.42 Å². The topological polar surface area (TPSA) is 79.1 Å². The summed E-state index contributed by atoms with van der Waals surface area (Å²) in [5.74, 6) is 1.43. The first kappa shape index (κ1) is 19.3. The summed E-state index contributed by atoms with van der Waals surface area (Å²) in [5.41, 5.74) is 0. The molecule has 1 aromatic heterocycles. The number of nitrogens with zero attached hydrogens (tertiary/aromatic N) is 2. The largest absolute Gasteiger partial charge is 0.469 e. The third-order valence-electron chi connectivity index (χ3n) is 4.32. The molecule has 1 aliphatic heterocycles. The molecule has 0 aliphatic carbocycles. The lowest BCUT2D eigenvalue weighted by Gasteiger charge is -2.32. The van der Waals surface area contributed by atoms with Crippen LogP contribution in [0, 0.1) is 0 Å². The zero-order valence-corrected chi connectivity index (χ0v) is 15.3. The zero-order valence-electron chi connectivity index (χ0n) is 15.3. The first-order valence-corrected chi connectivity index (χ1v) is 9.11. The maximum Gasteiger partial charge on any atom is 0.307 e. The molecule has 1 aliphatic rings. The number of likely N-dealkylation sites (tertiary alicyclic amines) is 1. The highest BCUT2D eigenvalue weighted by Gasteiger charge is 2.24. The van der Waals surface area contributed by atoms with Gasteiger partial charge in [-0.2, -0.15) is 0 Å². The van der Waals surface area contributed by atoms with Crippen LogP contribution in [0.4, 0.5) is 0 Å². The van der Waals surface area contributed by atoms with Crippen LogP contribution in [0.1, 0.15) is 44.4 Å². The zero-order chi connectivity index (χ0) is 17.9. The van der Waals surface area contributed by atoms with E-state index in [1.54, 1.807) is 6.26 Å². The van der Waals surface area contributed by atoms with Crippen LogP contribution >= 0.6 is 0 Å². The summed E-state index contributed by atoms with van der Waals surface area (Å²) >= 11 is 0. The summed E-state index contributed by atoms with van der Waals surface area (Å²) in [6.45, 7) is 6.04. The first-order valence-electron chi connectivity index (χ1n) is 9.11. The van der Waals surface area contributed by atoms with E-state index in [9.17, 15) is 4.79 Å². The molecular formula is C18H30N4O3. The summed E-state index contributed by atoms with van der Waals surface area (Å²) < 4.78 is 10.3. The Kier molecular flexibility index (Phi) is 8.31. The Balaban J connectivity index is 1.98. The number of carbonyl (C=O) groups excluding carboxylic acids is 1. The number of esters is 1. The summed E-state index contributed by atoms with van der Waals surface area (Å²) in [7, 11) is 1.40. The third-order valence-corrected chi connectivity index (χ3v) is 4.32. The lowest BCUT2D eigenvalue weighted by molar-refractivity contribution is -0.140. The van der Waals surface area contributed by atoms with Gasteiger partial charge in [0.2, 0.25) is 0 Å². The van der Waals surface area contributed by atoms with Crippen LogP contribution in [-0.2, 0) is 9.53 Å². The Morgan fingerprint density at radius 1 is 1.36 bits per heavy atom. The number of piperidine rings is 1. The maximum absolute atomic E-state index is 11.2. The summed E-state index contributed by atoms with van der Waals surface area (Å²) in [5, 5.41) is 6.39. The standard InChI is InChI=1S/C18H30N4O3/c1-3-19-18(20-10-9-17(23)24-2)21-14-15(16-8-7-13-25-16)22-11-5-4-6-12-22/h7-8,13,15H,3-6,9-12,14H2,1-2H3,(H2,19,20,21). The van der Waals surface area contributed by atoms with E-state index in [4.69, 9.17) is 9.41 Å². The quantitative estimate of drug-likeness (QED) is 0.424. The lowest BCUT2D eigenvalue weighted by atomic mass is 10.1. The molecule has 0 spiro atoms. The normalized spacial score (nSPS) is 17.1. The smallest absolute Gasteiger partial charge is 0.307 e. The van der Waals surface area contributed by atoms with Gasteiger partial charge in [0, 0.05) is 13.1 Å². The third kappa shape index (κ3) is 6.42. The van der Waals surface area contributed by atoms with Crippen LogP contribution in [0.5, 0.6) is 0 Å². The van der Waals surface area contributed by atoms with E-state index in [1.807, 2.05) is 19.1 Å². The van der Waals surface area contributed by atoms with E-state index in [2.05, 4.69) is 20.3 Å². The molecule has 0 bridgehead atoms. The minimum atomic E-state index is -0.231. The second kappa shape index (κ2) is 10.8. The highest BCUT2D eigenvalue weighted by molar-refractivity contribution is 5.80. The average molecular weight is 350 g/mol. The van der Waals surface area contributed by atoms with Crippen LogP contribution < -0.4 is 10.6 Å². The van der Waals surface area contributed by atoms with Crippen molar-refractivity contribution in [3.8, 4) is 0 Å². The Bertz CT molecular complexity index is 524. The van der Waals surface area contributed by atoms with Crippen molar-refractivity contribution in [3.05, 3.63) is 24.2 Å². The second-order valence-electron chi connectivity index (χ2n) is 6.10. The number of aliphatic imine (C=N–C) groups is 1. The molecule has 7 heteroatoms. The van der Waals surface area contributed by atoms with Gasteiger partial charge in [0.15, 0.2) is 5.96 Å². The van der Waals surface area contributed by atoms with E-state index in [1.165, 1.54) is 26.4 Å². The highest BCUT2D eigenvalue weighted by Crippen LogP contribution is 2.25. The van der Waals surface area contributed by atoms with E-state index >= 15 is 0 Å². The number of carbonyl (C=O) groups is 1. The number of hydrogen-bond donors (Lipinski definition) is 2. The fourth-order valence-corrected chi connectivity index (χ4v) is 3.00. The minimum Gasteiger partial charge on any atom is -0.469 e. The van der Waals surface area contributed by atoms with Gasteiger partial charge in [-0.05, 0) is 45.0 Å².